The van der Waals surface area contributed by atoms with Gasteiger partial charge in [-0.3, -0.25) is 4.79 Å². The van der Waals surface area contributed by atoms with Crippen molar-refractivity contribution in [1.82, 2.24) is 10.3 Å². The van der Waals surface area contributed by atoms with Gasteiger partial charge in [0.15, 0.2) is 5.13 Å². The van der Waals surface area contributed by atoms with Crippen LogP contribution >= 0.6 is 36.2 Å². The number of benzene rings is 1. The first-order chi connectivity index (χ1) is 9.15. The van der Waals surface area contributed by atoms with E-state index in [9.17, 15) is 4.79 Å². The summed E-state index contributed by atoms with van der Waals surface area (Å²) in [5, 5.41) is 8.53. The Labute approximate surface area is 141 Å². The van der Waals surface area contributed by atoms with Crippen molar-refractivity contribution in [3.8, 4) is 0 Å². The lowest BCUT2D eigenvalue weighted by Gasteiger charge is -2.13. The third-order valence-corrected chi connectivity index (χ3v) is 3.61. The lowest BCUT2D eigenvalue weighted by atomic mass is 10.1. The molecule has 2 N–H and O–H groups in total. The molecule has 0 aliphatic rings. The molecule has 2 rings (SSSR count). The van der Waals surface area contributed by atoms with Crippen molar-refractivity contribution in [2.75, 3.05) is 11.9 Å². The van der Waals surface area contributed by atoms with Crippen molar-refractivity contribution >= 4 is 47.2 Å². The minimum Gasteiger partial charge on any atom is -0.302 e. The van der Waals surface area contributed by atoms with E-state index in [2.05, 4.69) is 15.6 Å². The second-order valence-corrected chi connectivity index (χ2v) is 5.21. The summed E-state index contributed by atoms with van der Waals surface area (Å²) in [7, 11) is 0. The minimum atomic E-state index is -0.0721. The summed E-state index contributed by atoms with van der Waals surface area (Å²) >= 11 is 1.44. The number of hydrogen-bond acceptors (Lipinski definition) is 4. The number of aromatic nitrogens is 1. The largest absolute Gasteiger partial charge is 0.302 e. The number of hydrogen-bond donors (Lipinski definition) is 2. The van der Waals surface area contributed by atoms with Gasteiger partial charge in [0, 0.05) is 11.4 Å². The second-order valence-electron chi connectivity index (χ2n) is 4.36. The molecule has 4 nitrogen and oxygen atoms in total. The Balaban J connectivity index is 0.00000200. The Morgan fingerprint density at radius 2 is 1.95 bits per heavy atom. The topological polar surface area (TPSA) is 54.0 Å². The Morgan fingerprint density at radius 3 is 2.52 bits per heavy atom. The lowest BCUT2D eigenvalue weighted by molar-refractivity contribution is -0.115. The van der Waals surface area contributed by atoms with E-state index in [1.807, 2.05) is 49.6 Å². The number of aryl methyl sites for hydroxylation is 1. The SMILES string of the molecule is Cc1csc(NC(=O)CN[C@@H](C)c2ccccc2)n1.Cl.Cl. The van der Waals surface area contributed by atoms with Gasteiger partial charge in [-0.05, 0) is 19.4 Å². The summed E-state index contributed by atoms with van der Waals surface area (Å²) in [6.07, 6.45) is 0. The number of nitrogens with zero attached hydrogens (tertiary/aromatic N) is 1. The molecule has 0 spiro atoms. The number of rotatable bonds is 5. The molecule has 0 aliphatic carbocycles. The van der Waals surface area contributed by atoms with Gasteiger partial charge in [0.05, 0.1) is 12.2 Å². The first kappa shape index (κ1) is 19.9. The van der Waals surface area contributed by atoms with Gasteiger partial charge in [-0.15, -0.1) is 36.2 Å². The fraction of sp³-hybridized carbons (Fsp3) is 0.286. The van der Waals surface area contributed by atoms with E-state index in [1.54, 1.807) is 0 Å². The Hall–Kier alpha value is -1.14. The second kappa shape index (κ2) is 9.73. The summed E-state index contributed by atoms with van der Waals surface area (Å²) in [5.41, 5.74) is 2.09. The lowest BCUT2D eigenvalue weighted by Crippen LogP contribution is -2.30. The van der Waals surface area contributed by atoms with Crippen LogP contribution in [0.1, 0.15) is 24.2 Å². The van der Waals surface area contributed by atoms with Crippen LogP contribution in [-0.2, 0) is 4.79 Å². The van der Waals surface area contributed by atoms with E-state index in [0.717, 1.165) is 5.69 Å². The van der Waals surface area contributed by atoms with E-state index < -0.39 is 0 Å². The molecule has 1 aromatic heterocycles. The van der Waals surface area contributed by atoms with Gasteiger partial charge < -0.3 is 10.6 Å². The number of halogens is 2. The van der Waals surface area contributed by atoms with E-state index in [1.165, 1.54) is 16.9 Å². The molecule has 1 amide bonds. The Kier molecular flexibility index (Phi) is 9.21. The zero-order chi connectivity index (χ0) is 13.7. The highest BCUT2D eigenvalue weighted by molar-refractivity contribution is 7.13. The van der Waals surface area contributed by atoms with Gasteiger partial charge in [-0.2, -0.15) is 0 Å². The normalized spacial score (nSPS) is 11.0. The van der Waals surface area contributed by atoms with Gasteiger partial charge in [0.1, 0.15) is 0 Å². The Morgan fingerprint density at radius 1 is 1.29 bits per heavy atom. The molecule has 0 bridgehead atoms. The van der Waals surface area contributed by atoms with E-state index in [-0.39, 0.29) is 43.3 Å². The Bertz CT molecular complexity index is 548. The van der Waals surface area contributed by atoms with Crippen molar-refractivity contribution in [3.05, 3.63) is 47.0 Å². The highest BCUT2D eigenvalue weighted by Crippen LogP contribution is 2.14. The average molecular weight is 348 g/mol. The quantitative estimate of drug-likeness (QED) is 0.868. The van der Waals surface area contributed by atoms with Crippen LogP contribution < -0.4 is 10.6 Å². The van der Waals surface area contributed by atoms with E-state index >= 15 is 0 Å². The maximum Gasteiger partial charge on any atom is 0.240 e. The minimum absolute atomic E-state index is 0. The summed E-state index contributed by atoms with van der Waals surface area (Å²) in [6.45, 7) is 4.22. The number of amides is 1. The number of thiazole rings is 1. The average Bonchev–Trinajstić information content (AvgIpc) is 2.82. The maximum atomic E-state index is 11.8. The maximum absolute atomic E-state index is 11.8. The zero-order valence-corrected chi connectivity index (χ0v) is 14.3. The summed E-state index contributed by atoms with van der Waals surface area (Å²) in [6, 6.07) is 10.2. The molecular weight excluding hydrogens is 329 g/mol. The third kappa shape index (κ3) is 6.44. The van der Waals surface area contributed by atoms with E-state index in [0.29, 0.717) is 5.13 Å². The molecule has 0 fully saturated rings. The molecule has 0 saturated carbocycles. The first-order valence-electron chi connectivity index (χ1n) is 6.15. The number of anilines is 1. The van der Waals surface area contributed by atoms with Crippen molar-refractivity contribution in [2.24, 2.45) is 0 Å². The molecule has 0 radical (unpaired) electrons. The van der Waals surface area contributed by atoms with Gasteiger partial charge in [-0.25, -0.2) is 4.98 Å². The van der Waals surface area contributed by atoms with Crippen molar-refractivity contribution in [3.63, 3.8) is 0 Å². The summed E-state index contributed by atoms with van der Waals surface area (Å²) in [4.78, 5) is 15.9. The summed E-state index contributed by atoms with van der Waals surface area (Å²) < 4.78 is 0. The molecular formula is C14H19Cl2N3OS. The monoisotopic (exact) mass is 347 g/mol. The predicted octanol–water partition coefficient (Wildman–Crippen LogP) is 3.58. The third-order valence-electron chi connectivity index (χ3n) is 2.73. The van der Waals surface area contributed by atoms with Crippen LogP contribution in [-0.4, -0.2) is 17.4 Å². The summed E-state index contributed by atoms with van der Waals surface area (Å²) in [5.74, 6) is -0.0721. The van der Waals surface area contributed by atoms with Gasteiger partial charge in [0.25, 0.3) is 0 Å². The van der Waals surface area contributed by atoms with Crippen LogP contribution in [0.5, 0.6) is 0 Å². The molecule has 2 aromatic rings. The predicted molar refractivity (Wildman–Crippen MR) is 92.8 cm³/mol. The highest BCUT2D eigenvalue weighted by Gasteiger charge is 2.08. The van der Waals surface area contributed by atoms with Crippen LogP contribution in [0.3, 0.4) is 0 Å². The first-order valence-corrected chi connectivity index (χ1v) is 7.03. The fourth-order valence-corrected chi connectivity index (χ4v) is 2.38. The molecule has 1 aromatic carbocycles. The zero-order valence-electron chi connectivity index (χ0n) is 11.8. The molecule has 0 saturated heterocycles. The van der Waals surface area contributed by atoms with Crippen molar-refractivity contribution < 1.29 is 4.79 Å². The van der Waals surface area contributed by atoms with Crippen LogP contribution in [0, 0.1) is 6.92 Å². The van der Waals surface area contributed by atoms with Gasteiger partial charge in [0.2, 0.25) is 5.91 Å². The van der Waals surface area contributed by atoms with Crippen molar-refractivity contribution in [2.45, 2.75) is 19.9 Å². The number of nitrogens with one attached hydrogen (secondary N) is 2. The molecule has 1 atom stereocenters. The van der Waals surface area contributed by atoms with Gasteiger partial charge in [-0.1, -0.05) is 30.3 Å². The molecule has 0 unspecified atom stereocenters. The number of carbonyl (C=O) groups is 1. The highest BCUT2D eigenvalue weighted by atomic mass is 35.5. The van der Waals surface area contributed by atoms with Crippen LogP contribution in [0.25, 0.3) is 0 Å². The van der Waals surface area contributed by atoms with Crippen LogP contribution in [0.2, 0.25) is 0 Å². The van der Waals surface area contributed by atoms with Crippen LogP contribution in [0.4, 0.5) is 5.13 Å². The van der Waals surface area contributed by atoms with E-state index in [4.69, 9.17) is 0 Å². The molecule has 7 heteroatoms. The van der Waals surface area contributed by atoms with Gasteiger partial charge >= 0.3 is 0 Å². The van der Waals surface area contributed by atoms with Crippen molar-refractivity contribution in [1.29, 1.82) is 0 Å². The molecule has 21 heavy (non-hydrogen) atoms. The van der Waals surface area contributed by atoms with Crippen LogP contribution in [0.15, 0.2) is 35.7 Å². The molecule has 116 valence electrons. The standard InChI is InChI=1S/C14H17N3OS.2ClH/c1-10-9-19-14(16-10)17-13(18)8-15-11(2)12-6-4-3-5-7-12;;/h3-7,9,11,15H,8H2,1-2H3,(H,16,17,18);2*1H/t11-;;/m0../s1. The fourth-order valence-electron chi connectivity index (χ4n) is 1.68. The molecule has 0 aliphatic heterocycles. The smallest absolute Gasteiger partial charge is 0.240 e. The molecule has 1 heterocycles. The number of carbonyl (C=O) groups excluding carboxylic acids is 1.